The van der Waals surface area contributed by atoms with E-state index in [1.54, 1.807) is 24.3 Å². The number of benzene rings is 1. The van der Waals surface area contributed by atoms with Crippen LogP contribution in [0.3, 0.4) is 0 Å². The van der Waals surface area contributed by atoms with Crippen molar-refractivity contribution in [2.24, 2.45) is 5.84 Å². The number of hydrazine groups is 1. The Balaban J connectivity index is 2.30. The summed E-state index contributed by atoms with van der Waals surface area (Å²) in [7, 11) is 0. The van der Waals surface area contributed by atoms with E-state index >= 15 is 0 Å². The number of nitriles is 1. The third-order valence-corrected chi connectivity index (χ3v) is 2.59. The topological polar surface area (TPSA) is 96.8 Å². The van der Waals surface area contributed by atoms with E-state index in [0.717, 1.165) is 5.56 Å². The van der Waals surface area contributed by atoms with Crippen molar-refractivity contribution in [2.75, 3.05) is 5.43 Å². The monoisotopic (exact) mass is 255 g/mol. The number of nitrogens with two attached hydrogens (primary N) is 1. The molecule has 0 aliphatic carbocycles. The highest BCUT2D eigenvalue weighted by molar-refractivity contribution is 5.49. The van der Waals surface area contributed by atoms with Crippen molar-refractivity contribution in [3.05, 3.63) is 41.7 Å². The van der Waals surface area contributed by atoms with E-state index in [0.29, 0.717) is 29.4 Å². The van der Waals surface area contributed by atoms with Gasteiger partial charge in [-0.15, -0.1) is 0 Å². The Morgan fingerprint density at radius 3 is 2.63 bits per heavy atom. The summed E-state index contributed by atoms with van der Waals surface area (Å²) >= 11 is 0. The molecule has 0 spiro atoms. The van der Waals surface area contributed by atoms with E-state index in [1.165, 1.54) is 6.33 Å². The molecule has 0 aliphatic rings. The maximum Gasteiger partial charge on any atom is 0.227 e. The summed E-state index contributed by atoms with van der Waals surface area (Å²) < 4.78 is 5.69. The Bertz CT molecular complexity index is 603. The molecule has 96 valence electrons. The van der Waals surface area contributed by atoms with E-state index in [-0.39, 0.29) is 0 Å². The zero-order chi connectivity index (χ0) is 13.7. The smallest absolute Gasteiger partial charge is 0.227 e. The number of ether oxygens (including phenoxy) is 1. The first-order valence-electron chi connectivity index (χ1n) is 5.77. The van der Waals surface area contributed by atoms with Crippen LogP contribution in [0.15, 0.2) is 30.6 Å². The van der Waals surface area contributed by atoms with E-state index in [1.807, 2.05) is 6.92 Å². The molecule has 0 radical (unpaired) electrons. The molecule has 0 aliphatic heterocycles. The van der Waals surface area contributed by atoms with Crippen molar-refractivity contribution in [3.63, 3.8) is 0 Å². The Hall–Kier alpha value is -2.65. The number of anilines is 1. The minimum atomic E-state index is 0.454. The van der Waals surface area contributed by atoms with Gasteiger partial charge in [-0.05, 0) is 30.7 Å². The molecule has 2 rings (SSSR count). The summed E-state index contributed by atoms with van der Waals surface area (Å²) in [5, 5.41) is 8.74. The first kappa shape index (κ1) is 12.8. The van der Waals surface area contributed by atoms with Gasteiger partial charge in [0.2, 0.25) is 5.88 Å². The van der Waals surface area contributed by atoms with Gasteiger partial charge < -0.3 is 10.2 Å². The second kappa shape index (κ2) is 5.80. The fourth-order valence-corrected chi connectivity index (χ4v) is 1.64. The molecule has 0 amide bonds. The van der Waals surface area contributed by atoms with E-state index in [9.17, 15) is 0 Å². The molecular formula is C13H13N5O. The summed E-state index contributed by atoms with van der Waals surface area (Å²) in [4.78, 5) is 8.13. The normalized spacial score (nSPS) is 9.74. The number of hydrogen-bond donors (Lipinski definition) is 2. The SMILES string of the molecule is CCc1c(NN)ncnc1Oc1ccc(C#N)cc1. The second-order valence-electron chi connectivity index (χ2n) is 3.74. The van der Waals surface area contributed by atoms with Crippen molar-refractivity contribution in [1.82, 2.24) is 9.97 Å². The van der Waals surface area contributed by atoms with Crippen LogP contribution in [0, 0.1) is 11.3 Å². The zero-order valence-electron chi connectivity index (χ0n) is 10.4. The molecule has 0 fully saturated rings. The lowest BCUT2D eigenvalue weighted by atomic mass is 10.2. The van der Waals surface area contributed by atoms with E-state index in [2.05, 4.69) is 21.5 Å². The van der Waals surface area contributed by atoms with Gasteiger partial charge >= 0.3 is 0 Å². The molecule has 0 saturated heterocycles. The molecular weight excluding hydrogens is 242 g/mol. The van der Waals surface area contributed by atoms with Gasteiger partial charge in [-0.3, -0.25) is 0 Å². The standard InChI is InChI=1S/C13H13N5O/c1-2-11-12(18-15)16-8-17-13(11)19-10-5-3-9(7-14)4-6-10/h3-6,8H,2,15H2,1H3,(H,16,17,18). The van der Waals surface area contributed by atoms with Crippen LogP contribution in [0.4, 0.5) is 5.82 Å². The van der Waals surface area contributed by atoms with E-state index < -0.39 is 0 Å². The van der Waals surface area contributed by atoms with Crippen LogP contribution in [-0.2, 0) is 6.42 Å². The second-order valence-corrected chi connectivity index (χ2v) is 3.74. The molecule has 6 nitrogen and oxygen atoms in total. The molecule has 19 heavy (non-hydrogen) atoms. The fourth-order valence-electron chi connectivity index (χ4n) is 1.64. The molecule has 1 heterocycles. The Labute approximate surface area is 110 Å². The number of nitrogen functional groups attached to an aromatic ring is 1. The van der Waals surface area contributed by atoms with Crippen molar-refractivity contribution in [2.45, 2.75) is 13.3 Å². The molecule has 0 bridgehead atoms. The lowest BCUT2D eigenvalue weighted by molar-refractivity contribution is 0.455. The summed E-state index contributed by atoms with van der Waals surface area (Å²) in [6.07, 6.45) is 2.07. The molecule has 2 aromatic rings. The molecule has 3 N–H and O–H groups in total. The van der Waals surface area contributed by atoms with Gasteiger partial charge in [0.15, 0.2) is 0 Å². The lowest BCUT2D eigenvalue weighted by Gasteiger charge is -2.11. The zero-order valence-corrected chi connectivity index (χ0v) is 10.4. The predicted octanol–water partition coefficient (Wildman–Crippen LogP) is 1.99. The maximum atomic E-state index is 8.74. The maximum absolute atomic E-state index is 8.74. The van der Waals surface area contributed by atoms with Crippen molar-refractivity contribution >= 4 is 5.82 Å². The molecule has 0 unspecified atom stereocenters. The van der Waals surface area contributed by atoms with Crippen LogP contribution in [-0.4, -0.2) is 9.97 Å². The number of nitrogens with one attached hydrogen (secondary N) is 1. The highest BCUT2D eigenvalue weighted by atomic mass is 16.5. The number of hydrogen-bond acceptors (Lipinski definition) is 6. The largest absolute Gasteiger partial charge is 0.439 e. The summed E-state index contributed by atoms with van der Waals surface area (Å²) in [5.74, 6) is 7.00. The van der Waals surface area contributed by atoms with Gasteiger partial charge in [-0.25, -0.2) is 15.8 Å². The van der Waals surface area contributed by atoms with Crippen LogP contribution in [0.2, 0.25) is 0 Å². The predicted molar refractivity (Wildman–Crippen MR) is 70.5 cm³/mol. The van der Waals surface area contributed by atoms with Crippen molar-refractivity contribution in [1.29, 1.82) is 5.26 Å². The highest BCUT2D eigenvalue weighted by Crippen LogP contribution is 2.26. The van der Waals surface area contributed by atoms with Crippen LogP contribution in [0.5, 0.6) is 11.6 Å². The van der Waals surface area contributed by atoms with Crippen molar-refractivity contribution < 1.29 is 4.74 Å². The van der Waals surface area contributed by atoms with Gasteiger partial charge in [0.05, 0.1) is 17.2 Å². The van der Waals surface area contributed by atoms with E-state index in [4.69, 9.17) is 15.8 Å². The van der Waals surface area contributed by atoms with Gasteiger partial charge in [-0.1, -0.05) is 6.92 Å². The number of aromatic nitrogens is 2. The molecule has 0 saturated carbocycles. The quantitative estimate of drug-likeness (QED) is 0.640. The Morgan fingerprint density at radius 1 is 1.32 bits per heavy atom. The third kappa shape index (κ3) is 2.78. The first-order valence-corrected chi connectivity index (χ1v) is 5.77. The first-order chi connectivity index (χ1) is 9.28. The van der Waals surface area contributed by atoms with Crippen molar-refractivity contribution in [3.8, 4) is 17.7 Å². The average molecular weight is 255 g/mol. The van der Waals surface area contributed by atoms with Crippen LogP contribution in [0.1, 0.15) is 18.1 Å². The number of rotatable bonds is 4. The van der Waals surface area contributed by atoms with Gasteiger partial charge in [0.25, 0.3) is 0 Å². The highest BCUT2D eigenvalue weighted by Gasteiger charge is 2.10. The summed E-state index contributed by atoms with van der Waals surface area (Å²) in [5.41, 5.74) is 3.90. The third-order valence-electron chi connectivity index (χ3n) is 2.59. The van der Waals surface area contributed by atoms with Crippen LogP contribution < -0.4 is 16.0 Å². The minimum absolute atomic E-state index is 0.454. The molecule has 0 atom stereocenters. The van der Waals surface area contributed by atoms with Crippen LogP contribution in [0.25, 0.3) is 0 Å². The molecule has 1 aromatic carbocycles. The van der Waals surface area contributed by atoms with Crippen LogP contribution >= 0.6 is 0 Å². The Kier molecular flexibility index (Phi) is 3.90. The lowest BCUT2D eigenvalue weighted by Crippen LogP contribution is -2.12. The summed E-state index contributed by atoms with van der Waals surface area (Å²) in [6.45, 7) is 1.96. The van der Waals surface area contributed by atoms with Gasteiger partial charge in [0, 0.05) is 0 Å². The van der Waals surface area contributed by atoms with Gasteiger partial charge in [-0.2, -0.15) is 5.26 Å². The molecule has 1 aromatic heterocycles. The minimum Gasteiger partial charge on any atom is -0.439 e. The fraction of sp³-hybridized carbons (Fsp3) is 0.154. The number of nitrogens with zero attached hydrogens (tertiary/aromatic N) is 3. The summed E-state index contributed by atoms with van der Waals surface area (Å²) in [6, 6.07) is 8.86. The van der Waals surface area contributed by atoms with Gasteiger partial charge in [0.1, 0.15) is 17.9 Å². The Morgan fingerprint density at radius 2 is 2.05 bits per heavy atom. The molecule has 6 heteroatoms. The average Bonchev–Trinajstić information content (AvgIpc) is 2.47.